The van der Waals surface area contributed by atoms with Crippen molar-refractivity contribution in [1.29, 1.82) is 0 Å². The van der Waals surface area contributed by atoms with E-state index >= 15 is 0 Å². The van der Waals surface area contributed by atoms with Crippen LogP contribution in [-0.4, -0.2) is 53.5 Å². The number of rotatable bonds is 13. The monoisotopic (exact) mass is 815 g/mol. The Bertz CT molecular complexity index is 1710. The van der Waals surface area contributed by atoms with Crippen LogP contribution in [0.3, 0.4) is 0 Å². The van der Waals surface area contributed by atoms with Gasteiger partial charge >= 0.3 is 5.97 Å². The SMILES string of the molecule is COCCc1ccc(CC2OC3(O)CC4CCC5CC6(CCCCCC7CCCCC7)C7CC(C)(C(=O)O)CCC7(C)CCC6(C)C6CCC2(C3C)C4(CO)C56C)cc1. The van der Waals surface area contributed by atoms with Crippen molar-refractivity contribution in [2.75, 3.05) is 20.3 Å². The van der Waals surface area contributed by atoms with Gasteiger partial charge in [0.1, 0.15) is 0 Å². The van der Waals surface area contributed by atoms with Crippen molar-refractivity contribution in [3.8, 4) is 0 Å². The topological polar surface area (TPSA) is 96.2 Å². The second-order valence-corrected chi connectivity index (χ2v) is 23.8. The third kappa shape index (κ3) is 5.92. The van der Waals surface area contributed by atoms with Crippen molar-refractivity contribution in [2.45, 2.75) is 194 Å². The summed E-state index contributed by atoms with van der Waals surface area (Å²) in [5.41, 5.74) is 1.38. The standard InChI is InChI=1S/C53H82O6/c1-36-51-25-22-42-48(4)29-28-46(2)26-27-47(3,45(55)56)34-43(46)50(48,24-12-8-11-15-37-13-9-7-10-14-37)32-40-20-21-41(52(51,35-54)49(40,42)5)33-53(36,57)59-44(51)31-39-18-16-38(17-19-39)23-30-58-6/h16-19,36-37,40-44,54,57H,7-15,20-35H2,1-6H3,(H,55,56). The van der Waals surface area contributed by atoms with Crippen LogP contribution < -0.4 is 0 Å². The summed E-state index contributed by atoms with van der Waals surface area (Å²) in [5, 5.41) is 36.0. The van der Waals surface area contributed by atoms with Crippen molar-refractivity contribution >= 4 is 5.97 Å². The maximum absolute atomic E-state index is 13.2. The van der Waals surface area contributed by atoms with Gasteiger partial charge in [-0.15, -0.1) is 0 Å². The highest BCUT2D eigenvalue weighted by atomic mass is 16.6. The fraction of sp³-hybridized carbons (Fsp3) is 0.868. The third-order valence-corrected chi connectivity index (χ3v) is 22.1. The van der Waals surface area contributed by atoms with Crippen molar-refractivity contribution in [3.05, 3.63) is 35.4 Å². The van der Waals surface area contributed by atoms with Gasteiger partial charge in [0.05, 0.1) is 24.7 Å². The van der Waals surface area contributed by atoms with E-state index in [9.17, 15) is 20.1 Å². The highest BCUT2D eigenvalue weighted by Gasteiger charge is 2.85. The number of carbonyl (C=O) groups is 1. The van der Waals surface area contributed by atoms with Crippen LogP contribution in [0, 0.1) is 73.4 Å². The zero-order valence-electron chi connectivity index (χ0n) is 38.1. The molecule has 1 heterocycles. The number of hydrogen-bond acceptors (Lipinski definition) is 5. The number of methoxy groups -OCH3 is 1. The molecule has 330 valence electrons. The minimum Gasteiger partial charge on any atom is -0.481 e. The van der Waals surface area contributed by atoms with E-state index in [2.05, 4.69) is 58.9 Å². The van der Waals surface area contributed by atoms with Gasteiger partial charge in [0.2, 0.25) is 0 Å². The zero-order valence-corrected chi connectivity index (χ0v) is 38.1. The summed E-state index contributed by atoms with van der Waals surface area (Å²) in [7, 11) is 1.76. The van der Waals surface area contributed by atoms with Crippen molar-refractivity contribution in [3.63, 3.8) is 0 Å². The first-order valence-electron chi connectivity index (χ1n) is 24.9. The molecule has 7 saturated carbocycles. The summed E-state index contributed by atoms with van der Waals surface area (Å²) in [6.45, 7) is 13.2. The molecule has 1 spiro atoms. The van der Waals surface area contributed by atoms with Crippen molar-refractivity contribution in [1.82, 2.24) is 0 Å². The molecule has 2 bridgehead atoms. The van der Waals surface area contributed by atoms with E-state index in [4.69, 9.17) is 9.47 Å². The van der Waals surface area contributed by atoms with Crippen LogP contribution in [0.2, 0.25) is 0 Å². The van der Waals surface area contributed by atoms with Gasteiger partial charge in [-0.05, 0) is 153 Å². The van der Waals surface area contributed by atoms with Crippen molar-refractivity contribution in [2.24, 2.45) is 73.4 Å². The number of hydrogen-bond donors (Lipinski definition) is 3. The van der Waals surface area contributed by atoms with Crippen LogP contribution in [0.4, 0.5) is 0 Å². The van der Waals surface area contributed by atoms with E-state index < -0.39 is 17.2 Å². The average molecular weight is 815 g/mol. The number of benzene rings is 1. The predicted octanol–water partition coefficient (Wildman–Crippen LogP) is 11.6. The molecule has 59 heavy (non-hydrogen) atoms. The van der Waals surface area contributed by atoms with E-state index in [1.54, 1.807) is 7.11 Å². The number of aliphatic hydroxyl groups excluding tert-OH is 1. The van der Waals surface area contributed by atoms with Gasteiger partial charge in [0.15, 0.2) is 5.79 Å². The number of aliphatic carboxylic acids is 1. The minimum atomic E-state index is -1.17. The fourth-order valence-electron chi connectivity index (χ4n) is 18.9. The Morgan fingerprint density at radius 2 is 1.53 bits per heavy atom. The smallest absolute Gasteiger partial charge is 0.309 e. The number of unbranched alkanes of at least 4 members (excludes halogenated alkanes) is 2. The molecule has 0 amide bonds. The molecule has 6 nitrogen and oxygen atoms in total. The lowest BCUT2D eigenvalue weighted by Gasteiger charge is -2.82. The van der Waals surface area contributed by atoms with E-state index in [0.717, 1.165) is 63.7 Å². The molecule has 8 fully saturated rings. The Hall–Kier alpha value is -1.47. The van der Waals surface area contributed by atoms with Gasteiger partial charge in [-0.25, -0.2) is 0 Å². The number of ether oxygens (including phenoxy) is 2. The quantitative estimate of drug-likeness (QED) is 0.172. The zero-order chi connectivity index (χ0) is 41.7. The van der Waals surface area contributed by atoms with Gasteiger partial charge in [0, 0.05) is 30.3 Å². The molecule has 6 heteroatoms. The molecule has 0 aromatic heterocycles. The summed E-state index contributed by atoms with van der Waals surface area (Å²) in [6.07, 6.45) is 26.2. The highest BCUT2D eigenvalue weighted by molar-refractivity contribution is 5.74. The van der Waals surface area contributed by atoms with Gasteiger partial charge < -0.3 is 24.8 Å². The maximum atomic E-state index is 13.2. The largest absolute Gasteiger partial charge is 0.481 e. The maximum Gasteiger partial charge on any atom is 0.309 e. The Morgan fingerprint density at radius 1 is 0.814 bits per heavy atom. The summed E-state index contributed by atoms with van der Waals surface area (Å²) < 4.78 is 12.5. The second-order valence-electron chi connectivity index (χ2n) is 23.8. The molecular formula is C53H82O6. The van der Waals surface area contributed by atoms with Crippen LogP contribution in [0.1, 0.15) is 181 Å². The van der Waals surface area contributed by atoms with Gasteiger partial charge in [0.25, 0.3) is 0 Å². The van der Waals surface area contributed by atoms with Crippen molar-refractivity contribution < 1.29 is 29.6 Å². The summed E-state index contributed by atoms with van der Waals surface area (Å²) in [5.74, 6) is 0.627. The lowest BCUT2D eigenvalue weighted by Crippen LogP contribution is -2.79. The Balaban J connectivity index is 1.10. The van der Waals surface area contributed by atoms with Crippen LogP contribution in [0.15, 0.2) is 24.3 Å². The predicted molar refractivity (Wildman–Crippen MR) is 234 cm³/mol. The first-order valence-corrected chi connectivity index (χ1v) is 24.9. The molecular weight excluding hydrogens is 733 g/mol. The van der Waals surface area contributed by atoms with Gasteiger partial charge in [-0.2, -0.15) is 0 Å². The molecule has 3 N–H and O–H groups in total. The summed E-state index contributed by atoms with van der Waals surface area (Å²) in [4.78, 5) is 13.2. The summed E-state index contributed by atoms with van der Waals surface area (Å²) >= 11 is 0. The van der Waals surface area contributed by atoms with E-state index in [1.165, 1.54) is 94.6 Å². The fourth-order valence-corrected chi connectivity index (χ4v) is 18.9. The van der Waals surface area contributed by atoms with Crippen LogP contribution >= 0.6 is 0 Å². The van der Waals surface area contributed by atoms with Crippen LogP contribution in [-0.2, 0) is 27.1 Å². The molecule has 1 aromatic rings. The first-order chi connectivity index (χ1) is 28.1. The van der Waals surface area contributed by atoms with Crippen LogP contribution in [0.5, 0.6) is 0 Å². The summed E-state index contributed by atoms with van der Waals surface area (Å²) in [6, 6.07) is 9.00. The van der Waals surface area contributed by atoms with Crippen LogP contribution in [0.25, 0.3) is 0 Å². The van der Waals surface area contributed by atoms with E-state index in [-0.39, 0.29) is 57.0 Å². The van der Waals surface area contributed by atoms with Gasteiger partial charge in [-0.1, -0.05) is 110 Å². The number of fused-ring (bicyclic) bond motifs is 5. The second kappa shape index (κ2) is 15.1. The highest BCUT2D eigenvalue weighted by Crippen LogP contribution is 2.87. The molecule has 1 aromatic carbocycles. The average Bonchev–Trinajstić information content (AvgIpc) is 3.35. The molecule has 14 unspecified atom stereocenters. The van der Waals surface area contributed by atoms with Gasteiger partial charge in [-0.3, -0.25) is 4.79 Å². The molecule has 14 atom stereocenters. The Labute approximate surface area is 357 Å². The molecule has 1 aliphatic heterocycles. The molecule has 0 radical (unpaired) electrons. The lowest BCUT2D eigenvalue weighted by molar-refractivity contribution is -0.358. The lowest BCUT2D eigenvalue weighted by atomic mass is 9.22. The molecule has 1 saturated heterocycles. The molecule has 9 rings (SSSR count). The Kier molecular flexibility index (Phi) is 10.9. The normalized spacial score (nSPS) is 48.8. The van der Waals surface area contributed by atoms with E-state index in [0.29, 0.717) is 30.8 Å². The first kappa shape index (κ1) is 42.8. The number of aliphatic hydroxyl groups is 2. The molecule has 7 aliphatic carbocycles. The minimum absolute atomic E-state index is 0.0538. The molecule has 8 aliphatic rings. The number of carboxylic acids is 1. The number of carboxylic acid groups (broad SMARTS) is 1. The third-order valence-electron chi connectivity index (χ3n) is 22.1. The Morgan fingerprint density at radius 3 is 2.24 bits per heavy atom. The van der Waals surface area contributed by atoms with E-state index in [1.807, 2.05) is 0 Å².